The van der Waals surface area contributed by atoms with Gasteiger partial charge >= 0.3 is 0 Å². The summed E-state index contributed by atoms with van der Waals surface area (Å²) in [7, 11) is 1.06. The van der Waals surface area contributed by atoms with Crippen LogP contribution in [0.4, 0.5) is 5.69 Å². The van der Waals surface area contributed by atoms with Gasteiger partial charge in [-0.25, -0.2) is 0 Å². The van der Waals surface area contributed by atoms with Gasteiger partial charge in [0, 0.05) is 16.4 Å². The van der Waals surface area contributed by atoms with Crippen LogP contribution >= 0.6 is 19.5 Å². The molecule has 0 aliphatic rings. The Bertz CT molecular complexity index is 433. The lowest BCUT2D eigenvalue weighted by molar-refractivity contribution is 1.85. The highest BCUT2D eigenvalue weighted by Gasteiger charge is 2.02. The fraction of sp³-hybridized carbons (Fsp3) is 0. The Balaban J connectivity index is 2.91. The third kappa shape index (κ3) is 1.04. The number of hydrogen-bond acceptors (Lipinski definition) is 2. The van der Waals surface area contributed by atoms with Crippen molar-refractivity contribution >= 4 is 46.9 Å². The molecule has 1 heterocycles. The monoisotopic (exact) mass is 193 g/mol. The fourth-order valence-corrected chi connectivity index (χ4v) is 2.67. The second-order valence-corrected chi connectivity index (χ2v) is 4.21. The average Bonchev–Trinajstić information content (AvgIpc) is 2.54. The largest absolute Gasteiger partial charge is 0.398 e. The van der Waals surface area contributed by atoms with Gasteiger partial charge in [0.05, 0.1) is 4.70 Å². The van der Waals surface area contributed by atoms with Crippen LogP contribution < -0.4 is 11.0 Å². The second kappa shape index (κ2) is 2.89. The van der Waals surface area contributed by atoms with Crippen LogP contribution in [0.1, 0.15) is 0 Å². The van der Waals surface area contributed by atoms with Crippen LogP contribution in [0.5, 0.6) is 0 Å². The molecule has 0 radical (unpaired) electrons. The summed E-state index contributed by atoms with van der Waals surface area (Å²) in [6.45, 7) is 0. The molecule has 1 nitrogen and oxygen atoms in total. The molecule has 3 heteroatoms. The molecule has 60 valence electrons. The van der Waals surface area contributed by atoms with Crippen molar-refractivity contribution in [3.63, 3.8) is 0 Å². The number of rotatable bonds is 1. The first kappa shape index (κ1) is 7.78. The summed E-state index contributed by atoms with van der Waals surface area (Å²) in [6.07, 6.45) is 3.85. The predicted octanol–water partition coefficient (Wildman–Crippen LogP) is 2.49. The normalized spacial score (nSPS) is 11.0. The van der Waals surface area contributed by atoms with Crippen molar-refractivity contribution < 1.29 is 0 Å². The maximum atomic E-state index is 5.81. The smallest absolute Gasteiger partial charge is 0.0581 e. The maximum Gasteiger partial charge on any atom is 0.0581 e. The third-order valence-corrected chi connectivity index (χ3v) is 3.49. The summed E-state index contributed by atoms with van der Waals surface area (Å²) in [5, 5.41) is 4.56. The third-order valence-electron chi connectivity index (χ3n) is 1.79. The summed E-state index contributed by atoms with van der Waals surface area (Å²) in [4.78, 5) is 0. The summed E-state index contributed by atoms with van der Waals surface area (Å²) < 4.78 is 1.18. The van der Waals surface area contributed by atoms with Gasteiger partial charge in [0.1, 0.15) is 0 Å². The number of anilines is 1. The maximum absolute atomic E-state index is 5.81. The van der Waals surface area contributed by atoms with E-state index in [1.54, 1.807) is 11.3 Å². The highest BCUT2D eigenvalue weighted by Crippen LogP contribution is 2.26. The van der Waals surface area contributed by atoms with Gasteiger partial charge < -0.3 is 5.73 Å². The van der Waals surface area contributed by atoms with Crippen molar-refractivity contribution in [3.8, 4) is 0 Å². The first-order valence-electron chi connectivity index (χ1n) is 3.55. The molecule has 0 atom stereocenters. The number of nitrogen functional groups attached to an aromatic ring is 1. The second-order valence-electron chi connectivity index (χ2n) is 2.50. The van der Waals surface area contributed by atoms with Crippen LogP contribution in [0.2, 0.25) is 0 Å². The van der Waals surface area contributed by atoms with Gasteiger partial charge in [0.2, 0.25) is 0 Å². The quantitative estimate of drug-likeness (QED) is 0.546. The van der Waals surface area contributed by atoms with E-state index >= 15 is 0 Å². The van der Waals surface area contributed by atoms with Gasteiger partial charge in [-0.15, -0.1) is 11.3 Å². The van der Waals surface area contributed by atoms with E-state index in [1.807, 2.05) is 12.1 Å². The molecule has 0 unspecified atom stereocenters. The Labute approximate surface area is 76.6 Å². The molecule has 0 spiro atoms. The number of benzene rings is 1. The van der Waals surface area contributed by atoms with E-state index in [2.05, 4.69) is 17.7 Å². The Morgan fingerprint density at radius 2 is 2.17 bits per heavy atom. The molecular weight excluding hydrogens is 185 g/mol. The van der Waals surface area contributed by atoms with E-state index in [-0.39, 0.29) is 0 Å². The standard InChI is InChI=1S/C9H8NPS/c1-11-8-3-2-7(10)9-6(8)4-5-12-9/h2-5H,1,10H2. The van der Waals surface area contributed by atoms with Gasteiger partial charge in [0.25, 0.3) is 0 Å². The number of fused-ring (bicyclic) bond motifs is 1. The molecule has 0 saturated carbocycles. The minimum atomic E-state index is 0.868. The van der Waals surface area contributed by atoms with Gasteiger partial charge in [-0.1, -0.05) is 14.5 Å². The molecular formula is C9H8NPS. The zero-order valence-electron chi connectivity index (χ0n) is 6.45. The van der Waals surface area contributed by atoms with Crippen molar-refractivity contribution in [1.82, 2.24) is 0 Å². The molecule has 0 aliphatic heterocycles. The van der Waals surface area contributed by atoms with E-state index in [4.69, 9.17) is 5.73 Å². The van der Waals surface area contributed by atoms with Crippen LogP contribution in [0.25, 0.3) is 10.1 Å². The van der Waals surface area contributed by atoms with E-state index in [9.17, 15) is 0 Å². The lowest BCUT2D eigenvalue weighted by atomic mass is 10.2. The Morgan fingerprint density at radius 3 is 2.92 bits per heavy atom. The molecule has 0 amide bonds. The number of hydrogen-bond donors (Lipinski definition) is 1. The zero-order valence-corrected chi connectivity index (χ0v) is 8.16. The number of thiophene rings is 1. The van der Waals surface area contributed by atoms with Crippen LogP contribution in [0.15, 0.2) is 23.6 Å². The van der Waals surface area contributed by atoms with Crippen LogP contribution in [-0.2, 0) is 0 Å². The molecule has 0 bridgehead atoms. The van der Waals surface area contributed by atoms with Crippen molar-refractivity contribution in [2.75, 3.05) is 5.73 Å². The van der Waals surface area contributed by atoms with Crippen molar-refractivity contribution in [3.05, 3.63) is 23.6 Å². The predicted molar refractivity (Wildman–Crippen MR) is 59.9 cm³/mol. The SMILES string of the molecule is C=Pc1ccc(N)c2sccc12. The topological polar surface area (TPSA) is 26.0 Å². The van der Waals surface area contributed by atoms with Crippen molar-refractivity contribution in [2.45, 2.75) is 0 Å². The van der Waals surface area contributed by atoms with E-state index in [0.29, 0.717) is 0 Å². The van der Waals surface area contributed by atoms with E-state index < -0.39 is 0 Å². The van der Waals surface area contributed by atoms with Gasteiger partial charge in [-0.05, 0) is 23.6 Å². The molecule has 0 saturated heterocycles. The highest BCUT2D eigenvalue weighted by atomic mass is 32.1. The first-order chi connectivity index (χ1) is 5.83. The van der Waals surface area contributed by atoms with Crippen molar-refractivity contribution in [1.29, 1.82) is 0 Å². The lowest BCUT2D eigenvalue weighted by Gasteiger charge is -1.98. The summed E-state index contributed by atoms with van der Waals surface area (Å²) in [6, 6.07) is 6.09. The van der Waals surface area contributed by atoms with E-state index in [0.717, 1.165) is 13.9 Å². The number of nitrogens with two attached hydrogens (primary N) is 1. The molecule has 2 N–H and O–H groups in total. The zero-order chi connectivity index (χ0) is 8.55. The summed E-state index contributed by atoms with van der Waals surface area (Å²) >= 11 is 1.69. The van der Waals surface area contributed by atoms with Gasteiger partial charge in [-0.2, -0.15) is 0 Å². The van der Waals surface area contributed by atoms with Crippen LogP contribution in [0.3, 0.4) is 0 Å². The van der Waals surface area contributed by atoms with Gasteiger partial charge in [-0.3, -0.25) is 0 Å². The molecule has 12 heavy (non-hydrogen) atoms. The van der Waals surface area contributed by atoms with Crippen LogP contribution in [-0.4, -0.2) is 6.30 Å². The molecule has 1 aromatic heterocycles. The molecule has 0 aliphatic carbocycles. The van der Waals surface area contributed by atoms with Crippen molar-refractivity contribution in [2.24, 2.45) is 0 Å². The molecule has 2 aromatic rings. The minimum Gasteiger partial charge on any atom is -0.398 e. The summed E-state index contributed by atoms with van der Waals surface area (Å²) in [5.74, 6) is 0. The summed E-state index contributed by atoms with van der Waals surface area (Å²) in [5.41, 5.74) is 6.68. The van der Waals surface area contributed by atoms with E-state index in [1.165, 1.54) is 15.4 Å². The highest BCUT2D eigenvalue weighted by molar-refractivity contribution is 7.46. The Morgan fingerprint density at radius 1 is 1.33 bits per heavy atom. The fourth-order valence-electron chi connectivity index (χ4n) is 1.21. The molecule has 1 aromatic carbocycles. The average molecular weight is 193 g/mol. The van der Waals surface area contributed by atoms with Gasteiger partial charge in [0.15, 0.2) is 0 Å². The minimum absolute atomic E-state index is 0.868. The lowest BCUT2D eigenvalue weighted by Crippen LogP contribution is -1.94. The Kier molecular flexibility index (Phi) is 1.87. The Hall–Kier alpha value is -0.850. The van der Waals surface area contributed by atoms with Crippen LogP contribution in [0, 0.1) is 0 Å². The molecule has 2 rings (SSSR count). The molecule has 0 fully saturated rings. The first-order valence-corrected chi connectivity index (χ1v) is 5.51.